The summed E-state index contributed by atoms with van der Waals surface area (Å²) in [5, 5.41) is 0.902. The van der Waals surface area contributed by atoms with Gasteiger partial charge in [-0.25, -0.2) is 14.8 Å². The van der Waals surface area contributed by atoms with Crippen molar-refractivity contribution in [1.82, 2.24) is 15.0 Å². The van der Waals surface area contributed by atoms with Crippen molar-refractivity contribution in [3.63, 3.8) is 0 Å². The lowest BCUT2D eigenvalue weighted by molar-refractivity contribution is 0.0605. The Morgan fingerprint density at radius 2 is 2.09 bits per heavy atom. The largest absolute Gasteiger partial charge is 0.465 e. The number of thiophene rings is 1. The molecule has 0 fully saturated rings. The number of hydrogen-bond donors (Lipinski definition) is 0. The first-order valence-electron chi connectivity index (χ1n) is 6.65. The Balaban J connectivity index is 2.18. The molecule has 3 aromatic rings. The summed E-state index contributed by atoms with van der Waals surface area (Å²) in [6, 6.07) is 3.41. The molecule has 0 radical (unpaired) electrons. The van der Waals surface area contributed by atoms with Gasteiger partial charge in [0, 0.05) is 6.20 Å². The van der Waals surface area contributed by atoms with Crippen molar-refractivity contribution in [2.45, 2.75) is 13.8 Å². The molecule has 0 aliphatic heterocycles. The number of pyridine rings is 1. The van der Waals surface area contributed by atoms with Crippen LogP contribution in [-0.2, 0) is 4.74 Å². The predicted octanol–water partition coefficient (Wildman–Crippen LogP) is 3.94. The minimum atomic E-state index is -0.409. The van der Waals surface area contributed by atoms with E-state index < -0.39 is 5.97 Å². The van der Waals surface area contributed by atoms with Crippen molar-refractivity contribution in [3.8, 4) is 11.6 Å². The second kappa shape index (κ2) is 6.10. The molecular formula is C15H12ClN3O3S. The standard InChI is InChI=1S/C15H12ClN3O3S/c1-7-10-13(22-9-5-4-6-17-12(9)16)18-8(2)19-14(10)23-11(7)15(20)21-3/h4-6H,1-3H3. The highest BCUT2D eigenvalue weighted by molar-refractivity contribution is 7.20. The molecule has 0 aliphatic rings. The highest BCUT2D eigenvalue weighted by Crippen LogP contribution is 2.38. The van der Waals surface area contributed by atoms with E-state index in [1.54, 1.807) is 25.3 Å². The van der Waals surface area contributed by atoms with Crippen LogP contribution in [0.3, 0.4) is 0 Å². The van der Waals surface area contributed by atoms with Crippen LogP contribution in [0, 0.1) is 13.8 Å². The van der Waals surface area contributed by atoms with Crippen LogP contribution in [0.25, 0.3) is 10.2 Å². The molecule has 0 saturated heterocycles. The van der Waals surface area contributed by atoms with Crippen LogP contribution < -0.4 is 4.74 Å². The summed E-state index contributed by atoms with van der Waals surface area (Å²) in [5.41, 5.74) is 0.715. The number of aromatic nitrogens is 3. The second-order valence-electron chi connectivity index (χ2n) is 4.70. The number of hydrogen-bond acceptors (Lipinski definition) is 7. The molecule has 0 N–H and O–H groups in total. The van der Waals surface area contributed by atoms with E-state index in [4.69, 9.17) is 21.1 Å². The number of methoxy groups -OCH3 is 1. The van der Waals surface area contributed by atoms with Crippen LogP contribution in [0.5, 0.6) is 11.6 Å². The Labute approximate surface area is 141 Å². The summed E-state index contributed by atoms with van der Waals surface area (Å²) >= 11 is 7.28. The van der Waals surface area contributed by atoms with E-state index >= 15 is 0 Å². The summed E-state index contributed by atoms with van der Waals surface area (Å²) < 4.78 is 10.6. The minimum Gasteiger partial charge on any atom is -0.465 e. The summed E-state index contributed by atoms with van der Waals surface area (Å²) in [6.45, 7) is 3.56. The van der Waals surface area contributed by atoms with E-state index in [2.05, 4.69) is 15.0 Å². The number of carbonyl (C=O) groups is 1. The lowest BCUT2D eigenvalue weighted by Crippen LogP contribution is -2.00. The fourth-order valence-corrected chi connectivity index (χ4v) is 3.41. The summed E-state index contributed by atoms with van der Waals surface area (Å²) in [5.74, 6) is 0.851. The number of rotatable bonds is 3. The first kappa shape index (κ1) is 15.6. The fraction of sp³-hybridized carbons (Fsp3) is 0.200. The van der Waals surface area contributed by atoms with Gasteiger partial charge in [-0.3, -0.25) is 0 Å². The van der Waals surface area contributed by atoms with Crippen molar-refractivity contribution in [1.29, 1.82) is 0 Å². The first-order valence-corrected chi connectivity index (χ1v) is 7.85. The zero-order chi connectivity index (χ0) is 16.6. The number of halogens is 1. The molecule has 6 nitrogen and oxygen atoms in total. The molecule has 23 heavy (non-hydrogen) atoms. The topological polar surface area (TPSA) is 74.2 Å². The zero-order valence-electron chi connectivity index (χ0n) is 12.6. The van der Waals surface area contributed by atoms with Crippen molar-refractivity contribution in [2.75, 3.05) is 7.11 Å². The molecule has 0 atom stereocenters. The van der Waals surface area contributed by atoms with Gasteiger partial charge in [-0.05, 0) is 31.5 Å². The number of aryl methyl sites for hydroxylation is 2. The van der Waals surface area contributed by atoms with E-state index in [0.717, 1.165) is 0 Å². The average molecular weight is 350 g/mol. The van der Waals surface area contributed by atoms with Gasteiger partial charge in [-0.2, -0.15) is 4.98 Å². The van der Waals surface area contributed by atoms with Crippen molar-refractivity contribution in [2.24, 2.45) is 0 Å². The van der Waals surface area contributed by atoms with Gasteiger partial charge in [0.25, 0.3) is 0 Å². The van der Waals surface area contributed by atoms with Crippen LogP contribution in [-0.4, -0.2) is 28.0 Å². The van der Waals surface area contributed by atoms with Crippen LogP contribution in [0.15, 0.2) is 18.3 Å². The van der Waals surface area contributed by atoms with Crippen LogP contribution >= 0.6 is 22.9 Å². The van der Waals surface area contributed by atoms with Gasteiger partial charge >= 0.3 is 5.97 Å². The Hall–Kier alpha value is -2.25. The van der Waals surface area contributed by atoms with Crippen molar-refractivity contribution < 1.29 is 14.3 Å². The zero-order valence-corrected chi connectivity index (χ0v) is 14.2. The average Bonchev–Trinajstić information content (AvgIpc) is 2.85. The quantitative estimate of drug-likeness (QED) is 0.526. The molecular weight excluding hydrogens is 338 g/mol. The Morgan fingerprint density at radius 1 is 1.30 bits per heavy atom. The molecule has 0 amide bonds. The SMILES string of the molecule is COC(=O)c1sc2nc(C)nc(Oc3cccnc3Cl)c2c1C. The smallest absolute Gasteiger partial charge is 0.348 e. The third kappa shape index (κ3) is 2.85. The highest BCUT2D eigenvalue weighted by atomic mass is 35.5. The highest BCUT2D eigenvalue weighted by Gasteiger charge is 2.22. The monoisotopic (exact) mass is 349 g/mol. The number of carbonyl (C=O) groups excluding carboxylic acids is 1. The van der Waals surface area contributed by atoms with Gasteiger partial charge < -0.3 is 9.47 Å². The minimum absolute atomic E-state index is 0.234. The molecule has 0 bridgehead atoms. The molecule has 3 rings (SSSR count). The number of fused-ring (bicyclic) bond motifs is 1. The third-order valence-corrected chi connectivity index (χ3v) is 4.62. The number of nitrogens with zero attached hydrogens (tertiary/aromatic N) is 3. The molecule has 0 saturated carbocycles. The number of esters is 1. The number of ether oxygens (including phenoxy) is 2. The molecule has 0 spiro atoms. The maximum Gasteiger partial charge on any atom is 0.348 e. The van der Waals surface area contributed by atoms with E-state index in [9.17, 15) is 4.79 Å². The van der Waals surface area contributed by atoms with Gasteiger partial charge in [0.1, 0.15) is 15.5 Å². The Morgan fingerprint density at radius 3 is 2.78 bits per heavy atom. The van der Waals surface area contributed by atoms with Crippen molar-refractivity contribution >= 4 is 39.1 Å². The Kier molecular flexibility index (Phi) is 4.14. The maximum absolute atomic E-state index is 11.9. The molecule has 0 aromatic carbocycles. The summed E-state index contributed by atoms with van der Waals surface area (Å²) in [6.07, 6.45) is 1.57. The molecule has 3 heterocycles. The van der Waals surface area contributed by atoms with E-state index in [1.807, 2.05) is 6.92 Å². The van der Waals surface area contributed by atoms with E-state index in [-0.39, 0.29) is 5.15 Å². The van der Waals surface area contributed by atoms with Crippen LogP contribution in [0.4, 0.5) is 0 Å². The van der Waals surface area contributed by atoms with Crippen LogP contribution in [0.2, 0.25) is 5.15 Å². The summed E-state index contributed by atoms with van der Waals surface area (Å²) in [7, 11) is 1.34. The van der Waals surface area contributed by atoms with Gasteiger partial charge in [0.2, 0.25) is 5.88 Å². The molecule has 0 unspecified atom stereocenters. The molecule has 8 heteroatoms. The Bertz CT molecular complexity index is 910. The lowest BCUT2D eigenvalue weighted by Gasteiger charge is -2.08. The first-order chi connectivity index (χ1) is 11.0. The van der Waals surface area contributed by atoms with Gasteiger partial charge in [0.15, 0.2) is 10.9 Å². The van der Waals surface area contributed by atoms with E-state index in [0.29, 0.717) is 38.1 Å². The predicted molar refractivity (Wildman–Crippen MR) is 87.5 cm³/mol. The molecule has 3 aromatic heterocycles. The maximum atomic E-state index is 11.9. The fourth-order valence-electron chi connectivity index (χ4n) is 2.12. The molecule has 0 aliphatic carbocycles. The van der Waals surface area contributed by atoms with Gasteiger partial charge in [-0.15, -0.1) is 11.3 Å². The van der Waals surface area contributed by atoms with Gasteiger partial charge in [0.05, 0.1) is 12.5 Å². The summed E-state index contributed by atoms with van der Waals surface area (Å²) in [4.78, 5) is 25.7. The third-order valence-electron chi connectivity index (χ3n) is 3.17. The second-order valence-corrected chi connectivity index (χ2v) is 6.06. The molecule has 118 valence electrons. The normalized spacial score (nSPS) is 10.8. The van der Waals surface area contributed by atoms with Crippen LogP contribution in [0.1, 0.15) is 21.1 Å². The lowest BCUT2D eigenvalue weighted by atomic mass is 10.2. The van der Waals surface area contributed by atoms with Crippen molar-refractivity contribution in [3.05, 3.63) is 39.7 Å². The van der Waals surface area contributed by atoms with E-state index in [1.165, 1.54) is 18.4 Å². The van der Waals surface area contributed by atoms with Gasteiger partial charge in [-0.1, -0.05) is 11.6 Å².